The summed E-state index contributed by atoms with van der Waals surface area (Å²) in [4.78, 5) is 11.7. The first kappa shape index (κ1) is 15.7. The van der Waals surface area contributed by atoms with E-state index in [2.05, 4.69) is 32.4 Å². The maximum atomic E-state index is 9.22. The van der Waals surface area contributed by atoms with Gasteiger partial charge >= 0.3 is 139 Å². The molecule has 2 aromatic rings. The number of nitrogen functional groups attached to an aromatic ring is 2. The van der Waals surface area contributed by atoms with Crippen molar-refractivity contribution in [3.63, 3.8) is 0 Å². The van der Waals surface area contributed by atoms with E-state index in [0.29, 0.717) is 11.2 Å². The molecule has 1 saturated heterocycles. The fourth-order valence-corrected chi connectivity index (χ4v) is 17.2. The molecule has 1 aliphatic heterocycles. The Morgan fingerprint density at radius 1 is 1.18 bits per heavy atom. The summed E-state index contributed by atoms with van der Waals surface area (Å²) in [5, 5.41) is 12.7. The summed E-state index contributed by atoms with van der Waals surface area (Å²) in [5.74, 6) is 1.56. The molecule has 0 saturated carbocycles. The van der Waals surface area contributed by atoms with Crippen molar-refractivity contribution in [2.75, 3.05) is 29.1 Å². The van der Waals surface area contributed by atoms with E-state index in [1.807, 2.05) is 32.2 Å². The molecule has 2 heterocycles. The van der Waals surface area contributed by atoms with Gasteiger partial charge in [-0.05, 0) is 0 Å². The molecule has 0 aliphatic carbocycles. The fourth-order valence-electron chi connectivity index (χ4n) is 1.83. The van der Waals surface area contributed by atoms with Crippen molar-refractivity contribution < 1.29 is 5.11 Å². The Kier molecular flexibility index (Phi) is 4.97. The van der Waals surface area contributed by atoms with E-state index in [1.165, 1.54) is 4.35 Å². The quantitative estimate of drug-likeness (QED) is 0.539. The third-order valence-electron chi connectivity index (χ3n) is 2.83. The number of aliphatic hydroxyl groups is 1. The second-order valence-electron chi connectivity index (χ2n) is 4.51. The van der Waals surface area contributed by atoms with Crippen molar-refractivity contribution in [1.29, 1.82) is 0 Å². The summed E-state index contributed by atoms with van der Waals surface area (Å²) in [6.45, 7) is 0.269. The molecule has 1 fully saturated rings. The van der Waals surface area contributed by atoms with Crippen LogP contribution in [0.5, 0.6) is 0 Å². The summed E-state index contributed by atoms with van der Waals surface area (Å²) in [6.07, 6.45) is 0. The van der Waals surface area contributed by atoms with Crippen LogP contribution in [-0.2, 0) is 0 Å². The van der Waals surface area contributed by atoms with Crippen LogP contribution < -0.4 is 21.1 Å². The molecule has 2 atom stereocenters. The number of aliphatic hydroxyl groups excluding tert-OH is 1. The van der Waals surface area contributed by atoms with Crippen molar-refractivity contribution in [3.8, 4) is 0 Å². The van der Waals surface area contributed by atoms with Gasteiger partial charge in [-0.25, -0.2) is 0 Å². The number of hydrogen-bond donors (Lipinski definition) is 4. The minimum absolute atomic E-state index is 0.0909. The number of rotatable bonds is 4. The molecule has 10 heteroatoms. The molecule has 0 amide bonds. The number of anilines is 4. The van der Waals surface area contributed by atoms with E-state index < -0.39 is 12.3 Å². The normalized spacial score (nSPS) is 21.0. The van der Waals surface area contributed by atoms with Crippen LogP contribution in [0.15, 0.2) is 24.3 Å². The van der Waals surface area contributed by atoms with Gasteiger partial charge in [0.05, 0.1) is 0 Å². The van der Waals surface area contributed by atoms with E-state index in [1.54, 1.807) is 0 Å². The van der Waals surface area contributed by atoms with Crippen LogP contribution in [0.3, 0.4) is 0 Å². The van der Waals surface area contributed by atoms with Crippen molar-refractivity contribution in [2.45, 2.75) is 5.25 Å². The van der Waals surface area contributed by atoms with Crippen LogP contribution in [0.4, 0.5) is 23.5 Å². The van der Waals surface area contributed by atoms with Crippen LogP contribution in [-0.4, -0.2) is 50.0 Å². The zero-order chi connectivity index (χ0) is 15.5. The van der Waals surface area contributed by atoms with Crippen molar-refractivity contribution in [2.24, 2.45) is 0 Å². The second-order valence-corrected chi connectivity index (χ2v) is 16.1. The van der Waals surface area contributed by atoms with Crippen molar-refractivity contribution in [3.05, 3.63) is 24.3 Å². The van der Waals surface area contributed by atoms with E-state index in [4.69, 9.17) is 11.5 Å². The van der Waals surface area contributed by atoms with Crippen LogP contribution in [0.2, 0.25) is 0 Å². The van der Waals surface area contributed by atoms with Crippen LogP contribution in [0.25, 0.3) is 0 Å². The molecular formula is C12H15AsN6OS2. The Hall–Kier alpha value is -1.15. The predicted molar refractivity (Wildman–Crippen MR) is 94.7 cm³/mol. The number of nitrogens with two attached hydrogens (primary N) is 2. The molecule has 3 rings (SSSR count). The Morgan fingerprint density at radius 2 is 1.86 bits per heavy atom. The molecule has 0 bridgehead atoms. The van der Waals surface area contributed by atoms with E-state index in [-0.39, 0.29) is 18.5 Å². The van der Waals surface area contributed by atoms with Gasteiger partial charge < -0.3 is 0 Å². The van der Waals surface area contributed by atoms with E-state index in [9.17, 15) is 5.11 Å². The fraction of sp³-hybridized carbons (Fsp3) is 0.250. The van der Waals surface area contributed by atoms with Crippen LogP contribution in [0.1, 0.15) is 0 Å². The first-order chi connectivity index (χ1) is 10.6. The first-order valence-corrected chi connectivity index (χ1v) is 13.8. The monoisotopic (exact) mass is 398 g/mol. The van der Waals surface area contributed by atoms with Gasteiger partial charge in [-0.2, -0.15) is 0 Å². The first-order valence-electron chi connectivity index (χ1n) is 6.49. The molecule has 7 nitrogen and oxygen atoms in total. The van der Waals surface area contributed by atoms with Gasteiger partial charge in [-0.15, -0.1) is 0 Å². The number of hydrogen-bond acceptors (Lipinski definition) is 9. The SMILES string of the molecule is Nc1nc(N)nc(Nc2ccc([As]3SC[C@@H](CO)S3)cc2)n1. The summed E-state index contributed by atoms with van der Waals surface area (Å²) >= 11 is -1.14. The third kappa shape index (κ3) is 3.78. The Labute approximate surface area is 138 Å². The molecule has 0 spiro atoms. The third-order valence-corrected chi connectivity index (χ3v) is 16.8. The Bertz CT molecular complexity index is 638. The zero-order valence-corrected chi connectivity index (χ0v) is 15.0. The van der Waals surface area contributed by atoms with E-state index in [0.717, 1.165) is 11.4 Å². The minimum atomic E-state index is -1.14. The van der Waals surface area contributed by atoms with Crippen molar-refractivity contribution >= 4 is 60.3 Å². The zero-order valence-electron chi connectivity index (χ0n) is 11.5. The van der Waals surface area contributed by atoms with Gasteiger partial charge in [0, 0.05) is 0 Å². The molecular weight excluding hydrogens is 383 g/mol. The van der Waals surface area contributed by atoms with Crippen LogP contribution >= 0.6 is 20.0 Å². The summed E-state index contributed by atoms with van der Waals surface area (Å²) in [7, 11) is 3.95. The number of benzene rings is 1. The van der Waals surface area contributed by atoms with Gasteiger partial charge in [0.15, 0.2) is 0 Å². The topological polar surface area (TPSA) is 123 Å². The molecule has 22 heavy (non-hydrogen) atoms. The van der Waals surface area contributed by atoms with Crippen molar-refractivity contribution in [1.82, 2.24) is 15.0 Å². The molecule has 1 aliphatic rings. The Balaban J connectivity index is 1.69. The molecule has 116 valence electrons. The van der Waals surface area contributed by atoms with Gasteiger partial charge in [0.25, 0.3) is 0 Å². The molecule has 1 aromatic heterocycles. The molecule has 1 unspecified atom stereocenters. The Morgan fingerprint density at radius 3 is 2.45 bits per heavy atom. The van der Waals surface area contributed by atoms with E-state index >= 15 is 0 Å². The average molecular weight is 398 g/mol. The molecule has 6 N–H and O–H groups in total. The number of nitrogens with one attached hydrogen (secondary N) is 1. The average Bonchev–Trinajstić information content (AvgIpc) is 2.96. The second kappa shape index (κ2) is 6.95. The maximum absolute atomic E-state index is 9.22. The molecule has 1 aromatic carbocycles. The van der Waals surface area contributed by atoms with Gasteiger partial charge in [0.1, 0.15) is 0 Å². The summed E-state index contributed by atoms with van der Waals surface area (Å²) in [5.41, 5.74) is 12.0. The summed E-state index contributed by atoms with van der Waals surface area (Å²) in [6, 6.07) is 8.23. The predicted octanol–water partition coefficient (Wildman–Crippen LogP) is 0.316. The number of aromatic nitrogens is 3. The molecule has 0 radical (unpaired) electrons. The van der Waals surface area contributed by atoms with Gasteiger partial charge in [0.2, 0.25) is 0 Å². The standard InChI is InChI=1S/C12H15AsN6OS2/c14-10-17-11(15)19-12(18-10)16-8-3-1-7(2-4-8)13-21-6-9(5-20)22-13/h1-4,9,20H,5-6H2,(H5,14,15,16,17,18,19)/t9-,13?/m1/s1. The summed E-state index contributed by atoms with van der Waals surface area (Å²) < 4.78 is 1.37. The van der Waals surface area contributed by atoms with Gasteiger partial charge in [-0.3, -0.25) is 0 Å². The van der Waals surface area contributed by atoms with Crippen LogP contribution in [0, 0.1) is 0 Å². The van der Waals surface area contributed by atoms with Gasteiger partial charge in [-0.1, -0.05) is 0 Å². The number of nitrogens with zero attached hydrogens (tertiary/aromatic N) is 3.